The minimum Gasteiger partial charge on any atom is -0.492 e. The fraction of sp³-hybridized carbons (Fsp3) is 0.167. The summed E-state index contributed by atoms with van der Waals surface area (Å²) in [7, 11) is 3.07. The molecule has 2 aromatic carbocycles. The molecule has 0 radical (unpaired) electrons. The second kappa shape index (κ2) is 6.44. The summed E-state index contributed by atoms with van der Waals surface area (Å²) in [5, 5.41) is 0. The van der Waals surface area contributed by atoms with Gasteiger partial charge in [0, 0.05) is 11.1 Å². The Kier molecular flexibility index (Phi) is 4.19. The van der Waals surface area contributed by atoms with Crippen LogP contribution in [0, 0.1) is 0 Å². The van der Waals surface area contributed by atoms with Crippen LogP contribution in [-0.2, 0) is 0 Å². The van der Waals surface area contributed by atoms with Gasteiger partial charge in [0.05, 0.1) is 14.2 Å². The van der Waals surface area contributed by atoms with Crippen LogP contribution in [0.5, 0.6) is 23.0 Å². The SMILES string of the molecule is COc1c(C=CC(=O)c2ccccc2)cc2c(c1OC)OCO2. The van der Waals surface area contributed by atoms with Crippen molar-refractivity contribution >= 4 is 11.9 Å². The maximum Gasteiger partial charge on any atom is 0.231 e. The van der Waals surface area contributed by atoms with Gasteiger partial charge in [0.1, 0.15) is 0 Å². The molecule has 0 atom stereocenters. The second-order valence-electron chi connectivity index (χ2n) is 4.83. The van der Waals surface area contributed by atoms with E-state index in [1.165, 1.54) is 20.3 Å². The summed E-state index contributed by atoms with van der Waals surface area (Å²) in [6.45, 7) is 0.130. The van der Waals surface area contributed by atoms with E-state index in [1.54, 1.807) is 24.3 Å². The van der Waals surface area contributed by atoms with Crippen LogP contribution in [0.25, 0.3) is 6.08 Å². The molecule has 0 aliphatic carbocycles. The molecule has 5 nitrogen and oxygen atoms in total. The number of methoxy groups -OCH3 is 2. The fourth-order valence-electron chi connectivity index (χ4n) is 2.40. The number of hydrogen-bond donors (Lipinski definition) is 0. The third-order valence-corrected chi connectivity index (χ3v) is 3.48. The van der Waals surface area contributed by atoms with Crippen LogP contribution >= 0.6 is 0 Å². The molecule has 0 bridgehead atoms. The zero-order valence-electron chi connectivity index (χ0n) is 12.9. The van der Waals surface area contributed by atoms with E-state index in [0.29, 0.717) is 34.1 Å². The predicted octanol–water partition coefficient (Wildman–Crippen LogP) is 3.33. The average Bonchev–Trinajstić information content (AvgIpc) is 3.07. The monoisotopic (exact) mass is 312 g/mol. The molecule has 0 N–H and O–H groups in total. The van der Waals surface area contributed by atoms with Gasteiger partial charge in [-0.2, -0.15) is 0 Å². The molecule has 1 aliphatic heterocycles. The van der Waals surface area contributed by atoms with Crippen LogP contribution in [0.4, 0.5) is 0 Å². The van der Waals surface area contributed by atoms with Gasteiger partial charge in [-0.25, -0.2) is 0 Å². The summed E-state index contributed by atoms with van der Waals surface area (Å²) in [6, 6.07) is 10.8. The van der Waals surface area contributed by atoms with Crippen molar-refractivity contribution < 1.29 is 23.7 Å². The Hall–Kier alpha value is -2.95. The zero-order valence-corrected chi connectivity index (χ0v) is 12.9. The van der Waals surface area contributed by atoms with Gasteiger partial charge in [-0.1, -0.05) is 30.3 Å². The van der Waals surface area contributed by atoms with Crippen LogP contribution in [0.1, 0.15) is 15.9 Å². The highest BCUT2D eigenvalue weighted by atomic mass is 16.7. The first-order valence-corrected chi connectivity index (χ1v) is 7.06. The third kappa shape index (κ3) is 2.85. The smallest absolute Gasteiger partial charge is 0.231 e. The molecular weight excluding hydrogens is 296 g/mol. The molecule has 0 spiro atoms. The highest BCUT2D eigenvalue weighted by Crippen LogP contribution is 2.49. The Morgan fingerprint density at radius 3 is 2.52 bits per heavy atom. The number of ether oxygens (including phenoxy) is 4. The molecule has 0 unspecified atom stereocenters. The summed E-state index contributed by atoms with van der Waals surface area (Å²) in [5.74, 6) is 1.93. The predicted molar refractivity (Wildman–Crippen MR) is 85.5 cm³/mol. The van der Waals surface area contributed by atoms with E-state index in [2.05, 4.69) is 0 Å². The lowest BCUT2D eigenvalue weighted by atomic mass is 10.1. The number of allylic oxidation sites excluding steroid dienone is 1. The van der Waals surface area contributed by atoms with Gasteiger partial charge in [0.25, 0.3) is 0 Å². The molecule has 23 heavy (non-hydrogen) atoms. The highest BCUT2D eigenvalue weighted by Gasteiger charge is 2.25. The van der Waals surface area contributed by atoms with Gasteiger partial charge in [-0.15, -0.1) is 0 Å². The quantitative estimate of drug-likeness (QED) is 0.626. The Bertz CT molecular complexity index is 750. The number of fused-ring (bicyclic) bond motifs is 1. The van der Waals surface area contributed by atoms with E-state index in [-0.39, 0.29) is 12.6 Å². The maximum atomic E-state index is 12.2. The van der Waals surface area contributed by atoms with Crippen molar-refractivity contribution in [3.63, 3.8) is 0 Å². The number of hydrogen-bond acceptors (Lipinski definition) is 5. The molecule has 0 amide bonds. The number of benzene rings is 2. The van der Waals surface area contributed by atoms with E-state index in [9.17, 15) is 4.79 Å². The van der Waals surface area contributed by atoms with Crippen molar-refractivity contribution in [3.05, 3.63) is 53.6 Å². The lowest BCUT2D eigenvalue weighted by Crippen LogP contribution is -1.96. The minimum atomic E-state index is -0.0933. The number of carbonyl (C=O) groups excluding carboxylic acids is 1. The van der Waals surface area contributed by atoms with Gasteiger partial charge < -0.3 is 18.9 Å². The van der Waals surface area contributed by atoms with Crippen LogP contribution < -0.4 is 18.9 Å². The summed E-state index contributed by atoms with van der Waals surface area (Å²) in [6.07, 6.45) is 3.17. The normalized spacial score (nSPS) is 12.4. The van der Waals surface area contributed by atoms with Crippen molar-refractivity contribution in [1.29, 1.82) is 0 Å². The first-order valence-electron chi connectivity index (χ1n) is 7.06. The summed E-state index contributed by atoms with van der Waals surface area (Å²) >= 11 is 0. The largest absolute Gasteiger partial charge is 0.492 e. The lowest BCUT2D eigenvalue weighted by molar-refractivity contribution is 0.104. The molecular formula is C18H16O5. The minimum absolute atomic E-state index is 0.0933. The molecule has 3 rings (SSSR count). The fourth-order valence-corrected chi connectivity index (χ4v) is 2.40. The number of carbonyl (C=O) groups is 1. The molecule has 1 heterocycles. The molecule has 0 fully saturated rings. The van der Waals surface area contributed by atoms with Crippen molar-refractivity contribution in [2.75, 3.05) is 21.0 Å². The van der Waals surface area contributed by atoms with Crippen LogP contribution in [0.3, 0.4) is 0 Å². The van der Waals surface area contributed by atoms with E-state index in [4.69, 9.17) is 18.9 Å². The van der Waals surface area contributed by atoms with E-state index >= 15 is 0 Å². The standard InChI is InChI=1S/C18H16O5/c1-20-16-13(8-9-14(19)12-6-4-3-5-7-12)10-15-17(18(16)21-2)23-11-22-15/h3-10H,11H2,1-2H3. The Morgan fingerprint density at radius 2 is 1.83 bits per heavy atom. The summed E-state index contributed by atoms with van der Waals surface area (Å²) in [5.41, 5.74) is 1.30. The Balaban J connectivity index is 1.97. The van der Waals surface area contributed by atoms with Gasteiger partial charge in [-0.05, 0) is 18.2 Å². The van der Waals surface area contributed by atoms with Gasteiger partial charge in [0.2, 0.25) is 18.3 Å². The van der Waals surface area contributed by atoms with Crippen molar-refractivity contribution in [1.82, 2.24) is 0 Å². The summed E-state index contributed by atoms with van der Waals surface area (Å²) < 4.78 is 21.6. The van der Waals surface area contributed by atoms with E-state index < -0.39 is 0 Å². The van der Waals surface area contributed by atoms with Crippen LogP contribution in [-0.4, -0.2) is 26.8 Å². The Morgan fingerprint density at radius 1 is 1.09 bits per heavy atom. The maximum absolute atomic E-state index is 12.2. The van der Waals surface area contributed by atoms with Crippen molar-refractivity contribution in [2.24, 2.45) is 0 Å². The van der Waals surface area contributed by atoms with Crippen molar-refractivity contribution in [2.45, 2.75) is 0 Å². The highest BCUT2D eigenvalue weighted by molar-refractivity contribution is 6.07. The molecule has 0 saturated heterocycles. The lowest BCUT2D eigenvalue weighted by Gasteiger charge is -2.12. The van der Waals surface area contributed by atoms with Crippen molar-refractivity contribution in [3.8, 4) is 23.0 Å². The zero-order chi connectivity index (χ0) is 16.2. The molecule has 1 aliphatic rings. The average molecular weight is 312 g/mol. The van der Waals surface area contributed by atoms with Crippen LogP contribution in [0.15, 0.2) is 42.5 Å². The van der Waals surface area contributed by atoms with E-state index in [0.717, 1.165) is 0 Å². The van der Waals surface area contributed by atoms with Gasteiger partial charge in [0.15, 0.2) is 17.3 Å². The molecule has 5 heteroatoms. The molecule has 0 aromatic heterocycles. The van der Waals surface area contributed by atoms with Gasteiger partial charge in [-0.3, -0.25) is 4.79 Å². The third-order valence-electron chi connectivity index (χ3n) is 3.48. The summed E-state index contributed by atoms with van der Waals surface area (Å²) in [4.78, 5) is 12.2. The topological polar surface area (TPSA) is 54.0 Å². The number of ketones is 1. The molecule has 2 aromatic rings. The second-order valence-corrected chi connectivity index (χ2v) is 4.83. The number of rotatable bonds is 5. The van der Waals surface area contributed by atoms with E-state index in [1.807, 2.05) is 18.2 Å². The Labute approximate surface area is 134 Å². The first kappa shape index (κ1) is 15.0. The molecule has 118 valence electrons. The van der Waals surface area contributed by atoms with Crippen LogP contribution in [0.2, 0.25) is 0 Å². The van der Waals surface area contributed by atoms with Gasteiger partial charge >= 0.3 is 0 Å². The first-order chi connectivity index (χ1) is 11.2. The molecule has 0 saturated carbocycles.